The van der Waals surface area contributed by atoms with E-state index in [4.69, 9.17) is 23.1 Å². The van der Waals surface area contributed by atoms with Gasteiger partial charge in [0.2, 0.25) is 5.91 Å². The summed E-state index contributed by atoms with van der Waals surface area (Å²) >= 11 is 6.09. The van der Waals surface area contributed by atoms with Crippen LogP contribution in [0, 0.1) is 0 Å². The van der Waals surface area contributed by atoms with Crippen LogP contribution in [0.1, 0.15) is 19.4 Å². The lowest BCUT2D eigenvalue weighted by molar-refractivity contribution is -0.116. The Hall–Kier alpha value is -1.26. The Morgan fingerprint density at radius 1 is 1.47 bits per heavy atom. The van der Waals surface area contributed by atoms with Crippen LogP contribution in [0.15, 0.2) is 18.2 Å². The van der Waals surface area contributed by atoms with Crippen LogP contribution in [0.2, 0.25) is 5.02 Å². The van der Waals surface area contributed by atoms with Crippen molar-refractivity contribution in [2.75, 3.05) is 11.4 Å². The molecule has 0 saturated carbocycles. The first-order valence-corrected chi connectivity index (χ1v) is 5.87. The predicted octanol–water partition coefficient (Wildman–Crippen LogP) is 1.50. The zero-order chi connectivity index (χ0) is 13.0. The van der Waals surface area contributed by atoms with E-state index in [9.17, 15) is 4.79 Å². The first-order valence-electron chi connectivity index (χ1n) is 5.49. The molecule has 0 aliphatic carbocycles. The highest BCUT2D eigenvalue weighted by Gasteiger charge is 2.17. The van der Waals surface area contributed by atoms with Gasteiger partial charge in [-0.15, -0.1) is 0 Å². The van der Waals surface area contributed by atoms with Crippen molar-refractivity contribution in [2.45, 2.75) is 26.4 Å². The number of primary amides is 1. The van der Waals surface area contributed by atoms with E-state index >= 15 is 0 Å². The van der Waals surface area contributed by atoms with Crippen molar-refractivity contribution in [3.8, 4) is 0 Å². The maximum Gasteiger partial charge on any atom is 0.236 e. The van der Waals surface area contributed by atoms with Crippen molar-refractivity contribution in [1.82, 2.24) is 0 Å². The van der Waals surface area contributed by atoms with Crippen LogP contribution >= 0.6 is 11.6 Å². The largest absolute Gasteiger partial charge is 0.368 e. The van der Waals surface area contributed by atoms with E-state index in [1.54, 1.807) is 6.07 Å². The molecule has 94 valence electrons. The summed E-state index contributed by atoms with van der Waals surface area (Å²) in [6.07, 6.45) is 0. The third-order valence-electron chi connectivity index (χ3n) is 2.56. The number of halogens is 1. The van der Waals surface area contributed by atoms with Crippen molar-refractivity contribution in [2.24, 2.45) is 11.5 Å². The van der Waals surface area contributed by atoms with Gasteiger partial charge in [0, 0.05) is 28.9 Å². The fraction of sp³-hybridized carbons (Fsp3) is 0.417. The van der Waals surface area contributed by atoms with Crippen LogP contribution in [0.3, 0.4) is 0 Å². The molecule has 0 aliphatic heterocycles. The third-order valence-corrected chi connectivity index (χ3v) is 2.91. The van der Waals surface area contributed by atoms with Gasteiger partial charge < -0.3 is 16.4 Å². The lowest BCUT2D eigenvalue weighted by atomic mass is 10.1. The van der Waals surface area contributed by atoms with Crippen LogP contribution in [0.4, 0.5) is 5.69 Å². The van der Waals surface area contributed by atoms with Gasteiger partial charge in [0.05, 0.1) is 6.54 Å². The minimum atomic E-state index is -0.373. The van der Waals surface area contributed by atoms with Gasteiger partial charge in [0.1, 0.15) is 0 Å². The molecule has 0 fully saturated rings. The number of hydrogen-bond donors (Lipinski definition) is 2. The molecule has 0 saturated heterocycles. The highest BCUT2D eigenvalue weighted by molar-refractivity contribution is 6.31. The number of carbonyl (C=O) groups excluding carboxylic acids is 1. The fourth-order valence-corrected chi connectivity index (χ4v) is 1.98. The molecule has 4 N–H and O–H groups in total. The Kier molecular flexibility index (Phi) is 4.78. The summed E-state index contributed by atoms with van der Waals surface area (Å²) < 4.78 is 0. The van der Waals surface area contributed by atoms with Gasteiger partial charge in [-0.2, -0.15) is 0 Å². The number of carbonyl (C=O) groups is 1. The number of anilines is 1. The molecule has 0 unspecified atom stereocenters. The average Bonchev–Trinajstić information content (AvgIpc) is 2.25. The molecule has 0 atom stereocenters. The van der Waals surface area contributed by atoms with E-state index in [1.807, 2.05) is 30.9 Å². The average molecular weight is 256 g/mol. The van der Waals surface area contributed by atoms with Gasteiger partial charge in [-0.05, 0) is 26.0 Å². The smallest absolute Gasteiger partial charge is 0.236 e. The molecule has 1 rings (SSSR count). The lowest BCUT2D eigenvalue weighted by Crippen LogP contribution is -2.39. The van der Waals surface area contributed by atoms with Gasteiger partial charge in [0.15, 0.2) is 0 Å². The fourth-order valence-electron chi connectivity index (χ4n) is 1.73. The molecule has 5 heteroatoms. The van der Waals surface area contributed by atoms with Crippen molar-refractivity contribution < 1.29 is 4.79 Å². The molecule has 0 aliphatic rings. The zero-order valence-corrected chi connectivity index (χ0v) is 10.9. The molecule has 4 nitrogen and oxygen atoms in total. The summed E-state index contributed by atoms with van der Waals surface area (Å²) in [6.45, 7) is 4.47. The highest BCUT2D eigenvalue weighted by Crippen LogP contribution is 2.28. The molecule has 1 aromatic rings. The summed E-state index contributed by atoms with van der Waals surface area (Å²) in [5, 5.41) is 0.611. The number of amides is 1. The summed E-state index contributed by atoms with van der Waals surface area (Å²) in [7, 11) is 0. The van der Waals surface area contributed by atoms with E-state index in [1.165, 1.54) is 0 Å². The standard InChI is InChI=1S/C12H18ClN3O/c1-8(2)16(7-12(15)17)11-5-3-4-10(13)9(11)6-14/h3-5,8H,6-7,14H2,1-2H3,(H2,15,17). The van der Waals surface area contributed by atoms with Crippen molar-refractivity contribution in [3.63, 3.8) is 0 Å². The molecule has 1 aromatic carbocycles. The zero-order valence-electron chi connectivity index (χ0n) is 10.1. The van der Waals surface area contributed by atoms with Gasteiger partial charge in [-0.1, -0.05) is 17.7 Å². The van der Waals surface area contributed by atoms with Gasteiger partial charge in [0.25, 0.3) is 0 Å². The molecule has 0 radical (unpaired) electrons. The van der Waals surface area contributed by atoms with E-state index in [0.29, 0.717) is 11.6 Å². The van der Waals surface area contributed by atoms with Gasteiger partial charge >= 0.3 is 0 Å². The maximum absolute atomic E-state index is 11.1. The maximum atomic E-state index is 11.1. The number of nitrogens with zero attached hydrogens (tertiary/aromatic N) is 1. The van der Waals surface area contributed by atoms with Crippen LogP contribution in [0.25, 0.3) is 0 Å². The van der Waals surface area contributed by atoms with E-state index < -0.39 is 0 Å². The Balaban J connectivity index is 3.18. The summed E-state index contributed by atoms with van der Waals surface area (Å²) in [5.41, 5.74) is 12.7. The first-order chi connectivity index (χ1) is 7.97. The van der Waals surface area contributed by atoms with E-state index in [2.05, 4.69) is 0 Å². The molecule has 17 heavy (non-hydrogen) atoms. The first kappa shape index (κ1) is 13.8. The monoisotopic (exact) mass is 255 g/mol. The second-order valence-electron chi connectivity index (χ2n) is 4.13. The molecular formula is C12H18ClN3O. The normalized spacial score (nSPS) is 10.6. The Labute approximate surface area is 107 Å². The van der Waals surface area contributed by atoms with Gasteiger partial charge in [-0.3, -0.25) is 4.79 Å². The number of hydrogen-bond acceptors (Lipinski definition) is 3. The molecule has 0 aromatic heterocycles. The molecule has 0 bridgehead atoms. The highest BCUT2D eigenvalue weighted by atomic mass is 35.5. The van der Waals surface area contributed by atoms with Crippen LogP contribution in [0.5, 0.6) is 0 Å². The van der Waals surface area contributed by atoms with Crippen LogP contribution < -0.4 is 16.4 Å². The van der Waals surface area contributed by atoms with E-state index in [0.717, 1.165) is 11.3 Å². The summed E-state index contributed by atoms with van der Waals surface area (Å²) in [4.78, 5) is 13.0. The number of benzene rings is 1. The third kappa shape index (κ3) is 3.35. The van der Waals surface area contributed by atoms with Crippen LogP contribution in [-0.2, 0) is 11.3 Å². The summed E-state index contributed by atoms with van der Waals surface area (Å²) in [5.74, 6) is -0.373. The van der Waals surface area contributed by atoms with Crippen LogP contribution in [-0.4, -0.2) is 18.5 Å². The number of rotatable bonds is 5. The van der Waals surface area contributed by atoms with E-state index in [-0.39, 0.29) is 18.5 Å². The Morgan fingerprint density at radius 2 is 2.12 bits per heavy atom. The van der Waals surface area contributed by atoms with Crippen molar-refractivity contribution in [3.05, 3.63) is 28.8 Å². The lowest BCUT2D eigenvalue weighted by Gasteiger charge is -2.29. The Bertz CT molecular complexity index is 407. The number of nitrogens with two attached hydrogens (primary N) is 2. The molecule has 0 heterocycles. The second kappa shape index (κ2) is 5.89. The second-order valence-corrected chi connectivity index (χ2v) is 4.54. The SMILES string of the molecule is CC(C)N(CC(N)=O)c1cccc(Cl)c1CN. The minimum absolute atomic E-state index is 0.145. The molecule has 1 amide bonds. The van der Waals surface area contributed by atoms with Crippen molar-refractivity contribution in [1.29, 1.82) is 0 Å². The predicted molar refractivity (Wildman–Crippen MR) is 71.0 cm³/mol. The summed E-state index contributed by atoms with van der Waals surface area (Å²) in [6, 6.07) is 5.67. The minimum Gasteiger partial charge on any atom is -0.368 e. The van der Waals surface area contributed by atoms with Crippen molar-refractivity contribution >= 4 is 23.2 Å². The topological polar surface area (TPSA) is 72.3 Å². The molecular weight excluding hydrogens is 238 g/mol. The molecule has 0 spiro atoms. The quantitative estimate of drug-likeness (QED) is 0.838. The van der Waals surface area contributed by atoms with Gasteiger partial charge in [-0.25, -0.2) is 0 Å². The Morgan fingerprint density at radius 3 is 2.59 bits per heavy atom.